The number of rotatable bonds is 2. The van der Waals surface area contributed by atoms with Gasteiger partial charge in [-0.05, 0) is 15.9 Å². The van der Waals surface area contributed by atoms with Crippen molar-refractivity contribution in [1.29, 1.82) is 0 Å². The van der Waals surface area contributed by atoms with Gasteiger partial charge in [0.1, 0.15) is 6.10 Å². The maximum atomic E-state index is 11.8. The molecule has 1 aromatic rings. The van der Waals surface area contributed by atoms with Crippen LogP contribution in [0.1, 0.15) is 10.4 Å². The third-order valence-electron chi connectivity index (χ3n) is 2.00. The number of alkyl halides is 1. The third kappa shape index (κ3) is 2.03. The Morgan fingerprint density at radius 3 is 2.64 bits per heavy atom. The molecule has 0 aromatic heterocycles. The summed E-state index contributed by atoms with van der Waals surface area (Å²) in [5.41, 5.74) is 0.655. The summed E-state index contributed by atoms with van der Waals surface area (Å²) in [6, 6.07) is 9.07. The Balaban J connectivity index is 2.10. The molecule has 1 aliphatic rings. The number of Topliss-reactive ketones (excluding diaryl/α,β-unsaturated/α-hetero) is 1. The zero-order valence-electron chi connectivity index (χ0n) is 7.35. The molecular weight excluding hydrogens is 248 g/mol. The monoisotopic (exact) mass is 256 g/mol. The average Bonchev–Trinajstić information content (AvgIpc) is 2.65. The van der Waals surface area contributed by atoms with Gasteiger partial charge in [0.05, 0.1) is 6.61 Å². The van der Waals surface area contributed by atoms with Crippen LogP contribution in [-0.4, -0.2) is 23.7 Å². The normalized spacial score (nSPS) is 26.4. The molecule has 0 spiro atoms. The summed E-state index contributed by atoms with van der Waals surface area (Å²) in [6.45, 7) is 0.309. The van der Waals surface area contributed by atoms with Crippen molar-refractivity contribution in [1.82, 2.24) is 0 Å². The molecule has 0 bridgehead atoms. The van der Waals surface area contributed by atoms with Crippen LogP contribution < -0.4 is 0 Å². The number of hydrogen-bond acceptors (Lipinski definition) is 3. The van der Waals surface area contributed by atoms with Gasteiger partial charge in [-0.25, -0.2) is 0 Å². The lowest BCUT2D eigenvalue weighted by molar-refractivity contribution is 0.0206. The van der Waals surface area contributed by atoms with E-state index in [9.17, 15) is 4.79 Å². The molecule has 1 heterocycles. The van der Waals surface area contributed by atoms with Crippen LogP contribution in [0.4, 0.5) is 0 Å². The fourth-order valence-electron chi connectivity index (χ4n) is 1.30. The summed E-state index contributed by atoms with van der Waals surface area (Å²) in [7, 11) is 0. The van der Waals surface area contributed by atoms with Gasteiger partial charge in [-0.15, -0.1) is 0 Å². The van der Waals surface area contributed by atoms with Gasteiger partial charge in [0, 0.05) is 5.56 Å². The molecule has 1 aromatic carbocycles. The number of halogens is 1. The highest BCUT2D eigenvalue weighted by Crippen LogP contribution is 2.19. The van der Waals surface area contributed by atoms with E-state index in [4.69, 9.17) is 9.47 Å². The zero-order chi connectivity index (χ0) is 9.97. The van der Waals surface area contributed by atoms with Crippen molar-refractivity contribution in [2.45, 2.75) is 11.3 Å². The average molecular weight is 257 g/mol. The van der Waals surface area contributed by atoms with E-state index in [2.05, 4.69) is 15.9 Å². The van der Waals surface area contributed by atoms with Crippen molar-refractivity contribution < 1.29 is 14.3 Å². The molecule has 14 heavy (non-hydrogen) atoms. The minimum absolute atomic E-state index is 0.0347. The Bertz CT molecular complexity index is 325. The van der Waals surface area contributed by atoms with Gasteiger partial charge in [-0.3, -0.25) is 4.79 Å². The first kappa shape index (κ1) is 9.83. The summed E-state index contributed by atoms with van der Waals surface area (Å²) in [4.78, 5) is 11.8. The maximum Gasteiger partial charge on any atom is 0.216 e. The highest BCUT2D eigenvalue weighted by atomic mass is 79.9. The van der Waals surface area contributed by atoms with Gasteiger partial charge < -0.3 is 9.47 Å². The molecule has 3 nitrogen and oxygen atoms in total. The van der Waals surface area contributed by atoms with Gasteiger partial charge in [0.25, 0.3) is 0 Å². The lowest BCUT2D eigenvalue weighted by Crippen LogP contribution is -2.22. The quantitative estimate of drug-likeness (QED) is 0.600. The molecule has 0 saturated carbocycles. The van der Waals surface area contributed by atoms with E-state index in [0.29, 0.717) is 12.2 Å². The smallest absolute Gasteiger partial charge is 0.216 e. The second-order valence-electron chi connectivity index (χ2n) is 2.96. The summed E-state index contributed by atoms with van der Waals surface area (Å²) >= 11 is 3.12. The van der Waals surface area contributed by atoms with Crippen LogP contribution in [0.3, 0.4) is 0 Å². The molecule has 1 fully saturated rings. The lowest BCUT2D eigenvalue weighted by Gasteiger charge is -2.06. The summed E-state index contributed by atoms with van der Waals surface area (Å²) in [5.74, 6) is -0.0347. The molecule has 1 saturated heterocycles. The Labute approximate surface area is 90.1 Å². The molecule has 0 radical (unpaired) electrons. The van der Waals surface area contributed by atoms with Crippen LogP contribution in [0.25, 0.3) is 0 Å². The van der Waals surface area contributed by atoms with E-state index in [0.717, 1.165) is 0 Å². The standard InChI is InChI=1S/C10H9BrO3/c11-10-13-6-8(14-10)9(12)7-4-2-1-3-5-7/h1-5,8,10H,6H2. The first-order chi connectivity index (χ1) is 6.77. The second kappa shape index (κ2) is 4.21. The van der Waals surface area contributed by atoms with E-state index in [1.807, 2.05) is 18.2 Å². The number of carbonyl (C=O) groups is 1. The molecule has 4 heteroatoms. The number of ether oxygens (including phenoxy) is 2. The Morgan fingerprint density at radius 2 is 2.07 bits per heavy atom. The van der Waals surface area contributed by atoms with Crippen molar-refractivity contribution in [2.24, 2.45) is 0 Å². The van der Waals surface area contributed by atoms with Crippen molar-refractivity contribution in [3.8, 4) is 0 Å². The van der Waals surface area contributed by atoms with E-state index in [-0.39, 0.29) is 5.78 Å². The van der Waals surface area contributed by atoms with E-state index in [1.165, 1.54) is 0 Å². The van der Waals surface area contributed by atoms with Crippen LogP contribution >= 0.6 is 15.9 Å². The van der Waals surface area contributed by atoms with E-state index >= 15 is 0 Å². The number of benzene rings is 1. The largest absolute Gasteiger partial charge is 0.340 e. The first-order valence-electron chi connectivity index (χ1n) is 4.28. The lowest BCUT2D eigenvalue weighted by atomic mass is 10.1. The van der Waals surface area contributed by atoms with Crippen LogP contribution in [0.15, 0.2) is 30.3 Å². The minimum atomic E-state index is -0.484. The summed E-state index contributed by atoms with van der Waals surface area (Å²) < 4.78 is 10.3. The van der Waals surface area contributed by atoms with Crippen molar-refractivity contribution >= 4 is 21.7 Å². The highest BCUT2D eigenvalue weighted by molar-refractivity contribution is 9.09. The van der Waals surface area contributed by atoms with E-state index < -0.39 is 11.3 Å². The van der Waals surface area contributed by atoms with E-state index in [1.54, 1.807) is 12.1 Å². The molecule has 74 valence electrons. The molecule has 1 aliphatic heterocycles. The number of carbonyl (C=O) groups excluding carboxylic acids is 1. The number of ketones is 1. The Hall–Kier alpha value is -0.710. The predicted molar refractivity (Wildman–Crippen MR) is 54.3 cm³/mol. The first-order valence-corrected chi connectivity index (χ1v) is 5.19. The van der Waals surface area contributed by atoms with Gasteiger partial charge in [0.15, 0.2) is 5.78 Å². The van der Waals surface area contributed by atoms with Crippen molar-refractivity contribution in [3.05, 3.63) is 35.9 Å². The molecule has 2 atom stereocenters. The van der Waals surface area contributed by atoms with Gasteiger partial charge in [-0.2, -0.15) is 0 Å². The van der Waals surface area contributed by atoms with Crippen LogP contribution in [0.2, 0.25) is 0 Å². The fraction of sp³-hybridized carbons (Fsp3) is 0.300. The van der Waals surface area contributed by atoms with Crippen LogP contribution in [-0.2, 0) is 9.47 Å². The molecule has 0 amide bonds. The minimum Gasteiger partial charge on any atom is -0.340 e. The van der Waals surface area contributed by atoms with Gasteiger partial charge >= 0.3 is 0 Å². The van der Waals surface area contributed by atoms with Crippen molar-refractivity contribution in [2.75, 3.05) is 6.61 Å². The maximum absolute atomic E-state index is 11.8. The Morgan fingerprint density at radius 1 is 1.36 bits per heavy atom. The zero-order valence-corrected chi connectivity index (χ0v) is 8.94. The molecule has 0 N–H and O–H groups in total. The van der Waals surface area contributed by atoms with Crippen molar-refractivity contribution in [3.63, 3.8) is 0 Å². The highest BCUT2D eigenvalue weighted by Gasteiger charge is 2.30. The second-order valence-corrected chi connectivity index (χ2v) is 3.71. The summed E-state index contributed by atoms with van der Waals surface area (Å²) in [5, 5.41) is -0.458. The topological polar surface area (TPSA) is 35.5 Å². The third-order valence-corrected chi connectivity index (χ3v) is 2.48. The van der Waals surface area contributed by atoms with Crippen LogP contribution in [0, 0.1) is 0 Å². The number of hydrogen-bond donors (Lipinski definition) is 0. The molecule has 0 aliphatic carbocycles. The van der Waals surface area contributed by atoms with Gasteiger partial charge in [0.2, 0.25) is 5.20 Å². The van der Waals surface area contributed by atoms with Gasteiger partial charge in [-0.1, -0.05) is 30.3 Å². The SMILES string of the molecule is O=C(c1ccccc1)C1COC(Br)O1. The predicted octanol–water partition coefficient (Wildman–Crippen LogP) is 1.96. The molecule has 2 rings (SSSR count). The molecule has 2 unspecified atom stereocenters. The summed E-state index contributed by atoms with van der Waals surface area (Å²) in [6.07, 6.45) is -0.484. The Kier molecular flexibility index (Phi) is 2.96. The molecular formula is C10H9BrO3. The van der Waals surface area contributed by atoms with Crippen LogP contribution in [0.5, 0.6) is 0 Å². The fourth-order valence-corrected chi connectivity index (χ4v) is 1.71.